The fraction of sp³-hybridized carbons (Fsp3) is 0.250. The molecule has 1 aliphatic heterocycles. The van der Waals surface area contributed by atoms with Crippen LogP contribution in [-0.2, 0) is 19.2 Å². The molecule has 3 aromatic rings. The van der Waals surface area contributed by atoms with E-state index in [1.165, 1.54) is 18.1 Å². The van der Waals surface area contributed by atoms with Gasteiger partial charge in [-0.15, -0.1) is 0 Å². The quantitative estimate of drug-likeness (QED) is 0.123. The number of imide groups is 1. The number of benzene rings is 3. The highest BCUT2D eigenvalue weighted by Gasteiger charge is 2.56. The number of Topliss-reactive ketones (excluding diaryl/α,β-unsaturated/α-hetero) is 1. The smallest absolute Gasteiger partial charge is 0.238 e. The standard InChI is InChI=1S/C40H34ClNO8/c1-20-15-31(43)36-29(37(20)44)19-28-26(34(36)23-17-30(41)38(45)33(18-23)50-4)12-13-27-35(28)40(47)42(39(27)46)24-9-6-21(7-10-24)5-8-22-16-25(48-2)11-14-32(22)49-3/h5-12,14-18,27-28,34-35,45H,13,19H2,1-4H3/t27-,28+,34-,35-/m0/s1. The number of phenolic OH excluding ortho intramolecular Hbond substituents is 1. The van der Waals surface area contributed by atoms with Crippen molar-refractivity contribution in [3.8, 4) is 23.0 Å². The van der Waals surface area contributed by atoms with Crippen molar-refractivity contribution in [3.63, 3.8) is 0 Å². The molecule has 1 heterocycles. The molecule has 0 saturated carbocycles. The van der Waals surface area contributed by atoms with Crippen LogP contribution in [-0.4, -0.2) is 49.8 Å². The van der Waals surface area contributed by atoms with E-state index in [4.69, 9.17) is 25.8 Å². The summed E-state index contributed by atoms with van der Waals surface area (Å²) in [6.07, 6.45) is 7.53. The third-order valence-corrected chi connectivity index (χ3v) is 10.5. The average Bonchev–Trinajstić information content (AvgIpc) is 3.38. The van der Waals surface area contributed by atoms with Gasteiger partial charge in [-0.05, 0) is 85.4 Å². The topological polar surface area (TPSA) is 119 Å². The normalized spacial score (nSPS) is 23.0. The molecule has 4 aliphatic rings. The average molecular weight is 692 g/mol. The van der Waals surface area contributed by atoms with Gasteiger partial charge < -0.3 is 19.3 Å². The number of ether oxygens (including phenoxy) is 3. The number of allylic oxidation sites excluding steroid dienone is 6. The summed E-state index contributed by atoms with van der Waals surface area (Å²) in [5, 5.41) is 10.5. The molecule has 3 aliphatic carbocycles. The van der Waals surface area contributed by atoms with E-state index in [0.29, 0.717) is 45.9 Å². The maximum atomic E-state index is 14.3. The summed E-state index contributed by atoms with van der Waals surface area (Å²) in [7, 11) is 4.59. The molecule has 50 heavy (non-hydrogen) atoms. The number of ketones is 2. The zero-order valence-electron chi connectivity index (χ0n) is 27.9. The van der Waals surface area contributed by atoms with Crippen LogP contribution in [0.3, 0.4) is 0 Å². The zero-order chi connectivity index (χ0) is 35.4. The number of halogens is 1. The molecule has 1 fully saturated rings. The maximum Gasteiger partial charge on any atom is 0.238 e. The highest BCUT2D eigenvalue weighted by atomic mass is 35.5. The number of fused-ring (bicyclic) bond motifs is 3. The maximum absolute atomic E-state index is 14.3. The Bertz CT molecular complexity index is 2110. The molecule has 254 valence electrons. The molecule has 1 N–H and O–H groups in total. The first-order valence-electron chi connectivity index (χ1n) is 16.2. The lowest BCUT2D eigenvalue weighted by atomic mass is 9.59. The van der Waals surface area contributed by atoms with E-state index in [0.717, 1.165) is 16.7 Å². The van der Waals surface area contributed by atoms with Crippen molar-refractivity contribution in [2.75, 3.05) is 26.2 Å². The van der Waals surface area contributed by atoms with Gasteiger partial charge >= 0.3 is 0 Å². The van der Waals surface area contributed by atoms with Crippen LogP contribution in [0.25, 0.3) is 12.2 Å². The number of carbonyl (C=O) groups is 4. The van der Waals surface area contributed by atoms with Gasteiger partial charge in [0.15, 0.2) is 23.1 Å². The number of phenols is 1. The highest BCUT2D eigenvalue weighted by Crippen LogP contribution is 2.56. The molecule has 0 aromatic heterocycles. The minimum Gasteiger partial charge on any atom is -0.503 e. The number of aromatic hydroxyl groups is 1. The molecular weight excluding hydrogens is 658 g/mol. The Labute approximate surface area is 294 Å². The van der Waals surface area contributed by atoms with Crippen LogP contribution in [0.15, 0.2) is 89.0 Å². The molecule has 9 nitrogen and oxygen atoms in total. The lowest BCUT2D eigenvalue weighted by molar-refractivity contribution is -0.123. The van der Waals surface area contributed by atoms with Gasteiger partial charge in [0, 0.05) is 28.2 Å². The molecule has 0 spiro atoms. The van der Waals surface area contributed by atoms with Gasteiger partial charge in [-0.3, -0.25) is 24.1 Å². The molecule has 7 rings (SSSR count). The fourth-order valence-corrected chi connectivity index (χ4v) is 8.04. The minimum atomic E-state index is -0.734. The number of hydrogen-bond donors (Lipinski definition) is 1. The van der Waals surface area contributed by atoms with Crippen LogP contribution in [0.5, 0.6) is 23.0 Å². The molecule has 3 aromatic carbocycles. The Morgan fingerprint density at radius 3 is 2.30 bits per heavy atom. The minimum absolute atomic E-state index is 0.0263. The van der Waals surface area contributed by atoms with Crippen LogP contribution in [0.2, 0.25) is 5.02 Å². The zero-order valence-corrected chi connectivity index (χ0v) is 28.6. The van der Waals surface area contributed by atoms with Crippen LogP contribution in [0.4, 0.5) is 5.69 Å². The van der Waals surface area contributed by atoms with Gasteiger partial charge in [0.05, 0.1) is 43.9 Å². The van der Waals surface area contributed by atoms with Gasteiger partial charge in [0.1, 0.15) is 11.5 Å². The SMILES string of the molecule is COc1ccc(OC)c(C=Cc2ccc(N3C(=O)[C@H]4[C@H](CC=C5[C@H](c6cc(Cl)c(O)c(OC)c6)C6=C(C[C@H]54)C(=O)C(C)=CC6=O)C3=O)cc2)c1. The molecule has 1 saturated heterocycles. The monoisotopic (exact) mass is 691 g/mol. The second-order valence-corrected chi connectivity index (χ2v) is 13.2. The van der Waals surface area contributed by atoms with Gasteiger partial charge in [-0.1, -0.05) is 47.5 Å². The molecule has 4 atom stereocenters. The third kappa shape index (κ3) is 5.33. The Balaban J connectivity index is 1.22. The first kappa shape index (κ1) is 33.1. The summed E-state index contributed by atoms with van der Waals surface area (Å²) in [5.41, 5.74) is 4.45. The summed E-state index contributed by atoms with van der Waals surface area (Å²) >= 11 is 6.41. The van der Waals surface area contributed by atoms with Crippen LogP contribution in [0, 0.1) is 17.8 Å². The summed E-state index contributed by atoms with van der Waals surface area (Å²) in [6.45, 7) is 1.60. The van der Waals surface area contributed by atoms with E-state index in [2.05, 4.69) is 0 Å². The largest absolute Gasteiger partial charge is 0.503 e. The van der Waals surface area contributed by atoms with Gasteiger partial charge in [0.2, 0.25) is 11.8 Å². The van der Waals surface area contributed by atoms with E-state index >= 15 is 0 Å². The Hall–Kier alpha value is -5.41. The van der Waals surface area contributed by atoms with Crippen molar-refractivity contribution in [3.05, 3.63) is 111 Å². The lowest BCUT2D eigenvalue weighted by Gasteiger charge is -2.42. The van der Waals surface area contributed by atoms with Crippen molar-refractivity contribution >= 4 is 52.8 Å². The van der Waals surface area contributed by atoms with Crippen LogP contribution >= 0.6 is 11.6 Å². The molecule has 0 bridgehead atoms. The second kappa shape index (κ2) is 12.8. The van der Waals surface area contributed by atoms with Gasteiger partial charge in [-0.2, -0.15) is 0 Å². The molecule has 0 unspecified atom stereocenters. The van der Waals surface area contributed by atoms with Crippen LogP contribution in [0.1, 0.15) is 42.4 Å². The van der Waals surface area contributed by atoms with Gasteiger partial charge in [0.25, 0.3) is 0 Å². The molecule has 2 amide bonds. The van der Waals surface area contributed by atoms with E-state index in [1.54, 1.807) is 45.4 Å². The number of methoxy groups -OCH3 is 3. The van der Waals surface area contributed by atoms with Crippen molar-refractivity contribution in [2.24, 2.45) is 17.8 Å². The van der Waals surface area contributed by atoms with Gasteiger partial charge in [-0.25, -0.2) is 0 Å². The van der Waals surface area contributed by atoms with E-state index in [-0.39, 0.29) is 46.3 Å². The number of hydrogen-bond acceptors (Lipinski definition) is 8. The van der Waals surface area contributed by atoms with Crippen LogP contribution < -0.4 is 19.1 Å². The summed E-state index contributed by atoms with van der Waals surface area (Å²) in [6, 6.07) is 15.8. The van der Waals surface area contributed by atoms with Crippen molar-refractivity contribution < 1.29 is 38.5 Å². The third-order valence-electron chi connectivity index (χ3n) is 10.2. The number of rotatable bonds is 7. The van der Waals surface area contributed by atoms with E-state index in [9.17, 15) is 24.3 Å². The summed E-state index contributed by atoms with van der Waals surface area (Å²) in [5.74, 6) is -2.52. The number of carbonyl (C=O) groups excluding carboxylic acids is 4. The summed E-state index contributed by atoms with van der Waals surface area (Å²) < 4.78 is 16.2. The predicted molar refractivity (Wildman–Crippen MR) is 188 cm³/mol. The number of nitrogens with zero attached hydrogens (tertiary/aromatic N) is 1. The molecule has 0 radical (unpaired) electrons. The molecular formula is C40H34ClNO8. The van der Waals surface area contributed by atoms with Crippen molar-refractivity contribution in [2.45, 2.75) is 25.7 Å². The highest BCUT2D eigenvalue weighted by molar-refractivity contribution is 6.32. The summed E-state index contributed by atoms with van der Waals surface area (Å²) in [4.78, 5) is 56.7. The number of anilines is 1. The second-order valence-electron chi connectivity index (χ2n) is 12.8. The first-order chi connectivity index (χ1) is 24.1. The Morgan fingerprint density at radius 1 is 0.860 bits per heavy atom. The van der Waals surface area contributed by atoms with Crippen molar-refractivity contribution in [1.82, 2.24) is 0 Å². The molecule has 10 heteroatoms. The van der Waals surface area contributed by atoms with Crippen molar-refractivity contribution in [1.29, 1.82) is 0 Å². The van der Waals surface area contributed by atoms with E-state index < -0.39 is 23.7 Å². The van der Waals surface area contributed by atoms with E-state index in [1.807, 2.05) is 48.6 Å². The lowest BCUT2D eigenvalue weighted by Crippen LogP contribution is -2.39. The predicted octanol–water partition coefficient (Wildman–Crippen LogP) is 6.88. The first-order valence-corrected chi connectivity index (χ1v) is 16.6. The Kier molecular flexibility index (Phi) is 8.48. The fourth-order valence-electron chi connectivity index (χ4n) is 7.82. The Morgan fingerprint density at radius 2 is 1.60 bits per heavy atom. The number of amides is 2.